The fourth-order valence-electron chi connectivity index (χ4n) is 7.57. The molecular weight excluding hydrogens is 507 g/mol. The van der Waals surface area contributed by atoms with Gasteiger partial charge in [-0.1, -0.05) is 121 Å². The molecule has 0 bridgehead atoms. The van der Waals surface area contributed by atoms with Crippen LogP contribution in [0, 0.1) is 0 Å². The zero-order valence-corrected chi connectivity index (χ0v) is 23.1. The molecule has 0 spiro atoms. The number of anilines is 5. The molecule has 1 unspecified atom stereocenters. The minimum atomic E-state index is 0.125. The van der Waals surface area contributed by atoms with E-state index in [9.17, 15) is 0 Å². The molecule has 3 heteroatoms. The molecule has 0 radical (unpaired) electrons. The molecule has 42 heavy (non-hydrogen) atoms. The number of allylic oxidation sites excluding steroid dienone is 1. The minimum absolute atomic E-state index is 0.125. The van der Waals surface area contributed by atoms with E-state index in [0.717, 1.165) is 0 Å². The maximum absolute atomic E-state index is 2.53. The Morgan fingerprint density at radius 2 is 1.00 bits per heavy atom. The SMILES string of the molecule is c1ccc(C2C3=C(c4ccccc42)N(c2ccccc2)c2cccc4c2B3c2ccccc2N4c2ccccc2)cc1. The van der Waals surface area contributed by atoms with E-state index < -0.39 is 0 Å². The molecule has 0 amide bonds. The summed E-state index contributed by atoms with van der Waals surface area (Å²) in [6.07, 6.45) is 0. The zero-order chi connectivity index (χ0) is 27.6. The molecule has 0 saturated heterocycles. The number of hydrogen-bond donors (Lipinski definition) is 0. The molecule has 2 aliphatic heterocycles. The zero-order valence-electron chi connectivity index (χ0n) is 23.1. The molecule has 0 saturated carbocycles. The number of hydrogen-bond acceptors (Lipinski definition) is 2. The molecule has 6 aromatic carbocycles. The van der Waals surface area contributed by atoms with Crippen LogP contribution in [0.15, 0.2) is 163 Å². The van der Waals surface area contributed by atoms with Gasteiger partial charge in [0, 0.05) is 45.6 Å². The monoisotopic (exact) mass is 534 g/mol. The van der Waals surface area contributed by atoms with Gasteiger partial charge in [0.15, 0.2) is 0 Å². The summed E-state index contributed by atoms with van der Waals surface area (Å²) in [5, 5.41) is 0. The molecule has 2 nitrogen and oxygen atoms in total. The molecule has 9 rings (SSSR count). The highest BCUT2D eigenvalue weighted by Crippen LogP contribution is 2.55. The van der Waals surface area contributed by atoms with Gasteiger partial charge in [-0.25, -0.2) is 0 Å². The molecule has 0 aromatic heterocycles. The second-order valence-electron chi connectivity index (χ2n) is 11.3. The van der Waals surface area contributed by atoms with Crippen LogP contribution in [0.2, 0.25) is 0 Å². The second-order valence-corrected chi connectivity index (χ2v) is 11.3. The standard InChI is InChI=1S/C39H27BN2/c1-4-15-27(16-5-1)36-30-21-10-11-22-31(30)39-38(36)40-32-23-12-13-24-33(32)41(28-17-6-2-7-18-28)34-25-14-26-35(37(34)40)42(39)29-19-8-3-9-20-29/h1-26,36H. The van der Waals surface area contributed by atoms with Crippen LogP contribution in [0.5, 0.6) is 0 Å². The lowest BCUT2D eigenvalue weighted by Gasteiger charge is -2.44. The van der Waals surface area contributed by atoms with Gasteiger partial charge >= 0.3 is 0 Å². The van der Waals surface area contributed by atoms with Crippen molar-refractivity contribution in [2.45, 2.75) is 5.92 Å². The first kappa shape index (κ1) is 23.4. The summed E-state index contributed by atoms with van der Waals surface area (Å²) in [6.45, 7) is 0.125. The van der Waals surface area contributed by atoms with Crippen molar-refractivity contribution in [3.05, 3.63) is 180 Å². The third-order valence-corrected chi connectivity index (χ3v) is 9.13. The fraction of sp³-hybridized carbons (Fsp3) is 0.0256. The smallest absolute Gasteiger partial charge is 0.248 e. The summed E-state index contributed by atoms with van der Waals surface area (Å²) in [5.41, 5.74) is 15.7. The van der Waals surface area contributed by atoms with Crippen LogP contribution in [0.25, 0.3) is 5.70 Å². The highest BCUT2D eigenvalue weighted by molar-refractivity contribution is 6.96. The Balaban J connectivity index is 1.42. The summed E-state index contributed by atoms with van der Waals surface area (Å²) in [7, 11) is 0. The van der Waals surface area contributed by atoms with E-state index in [4.69, 9.17) is 0 Å². The van der Waals surface area contributed by atoms with Crippen molar-refractivity contribution in [3.8, 4) is 0 Å². The minimum Gasteiger partial charge on any atom is -0.311 e. The summed E-state index contributed by atoms with van der Waals surface area (Å²) in [5.74, 6) is 0.158. The van der Waals surface area contributed by atoms with Gasteiger partial charge in [-0.15, -0.1) is 0 Å². The topological polar surface area (TPSA) is 6.48 Å². The largest absolute Gasteiger partial charge is 0.311 e. The summed E-state index contributed by atoms with van der Waals surface area (Å²) >= 11 is 0. The Hall–Kier alpha value is -5.28. The predicted molar refractivity (Wildman–Crippen MR) is 176 cm³/mol. The van der Waals surface area contributed by atoms with Gasteiger partial charge in [0.2, 0.25) is 6.71 Å². The first-order valence-corrected chi connectivity index (χ1v) is 14.7. The van der Waals surface area contributed by atoms with E-state index in [1.165, 1.54) is 67.2 Å². The van der Waals surface area contributed by atoms with Crippen molar-refractivity contribution in [1.29, 1.82) is 0 Å². The lowest BCUT2D eigenvalue weighted by Crippen LogP contribution is -2.56. The van der Waals surface area contributed by atoms with Crippen molar-refractivity contribution >= 4 is 51.8 Å². The van der Waals surface area contributed by atoms with Crippen molar-refractivity contribution < 1.29 is 0 Å². The van der Waals surface area contributed by atoms with Gasteiger partial charge in [0.25, 0.3) is 0 Å². The van der Waals surface area contributed by atoms with Crippen LogP contribution >= 0.6 is 0 Å². The molecular formula is C39H27BN2. The van der Waals surface area contributed by atoms with E-state index in [-0.39, 0.29) is 12.6 Å². The number of rotatable bonds is 3. The van der Waals surface area contributed by atoms with E-state index in [1.54, 1.807) is 0 Å². The molecule has 0 N–H and O–H groups in total. The maximum atomic E-state index is 2.53. The van der Waals surface area contributed by atoms with E-state index >= 15 is 0 Å². The van der Waals surface area contributed by atoms with Gasteiger partial charge in [-0.2, -0.15) is 0 Å². The normalized spacial score (nSPS) is 16.1. The van der Waals surface area contributed by atoms with Gasteiger partial charge in [-0.3, -0.25) is 0 Å². The predicted octanol–water partition coefficient (Wildman–Crippen LogP) is 8.33. The molecule has 3 aliphatic rings. The highest BCUT2D eigenvalue weighted by atomic mass is 15.2. The molecule has 6 aromatic rings. The molecule has 1 aliphatic carbocycles. The second kappa shape index (κ2) is 9.12. The Kier molecular flexibility index (Phi) is 5.09. The molecule has 2 heterocycles. The first-order chi connectivity index (χ1) is 20.9. The Bertz CT molecular complexity index is 2000. The van der Waals surface area contributed by atoms with Crippen LogP contribution in [-0.4, -0.2) is 6.71 Å². The summed E-state index contributed by atoms with van der Waals surface area (Å²) in [4.78, 5) is 4.99. The van der Waals surface area contributed by atoms with Crippen LogP contribution in [0.1, 0.15) is 22.6 Å². The number of benzene rings is 6. The fourth-order valence-corrected chi connectivity index (χ4v) is 7.57. The number of nitrogens with zero attached hydrogens (tertiary/aromatic N) is 2. The van der Waals surface area contributed by atoms with Gasteiger partial charge in [-0.05, 0) is 64.5 Å². The van der Waals surface area contributed by atoms with Crippen LogP contribution in [-0.2, 0) is 0 Å². The maximum Gasteiger partial charge on any atom is 0.248 e. The molecule has 196 valence electrons. The van der Waals surface area contributed by atoms with Gasteiger partial charge in [0.05, 0.1) is 0 Å². The Morgan fingerprint density at radius 1 is 0.452 bits per heavy atom. The lowest BCUT2D eigenvalue weighted by molar-refractivity contribution is 1.02. The van der Waals surface area contributed by atoms with E-state index in [2.05, 4.69) is 168 Å². The van der Waals surface area contributed by atoms with Crippen molar-refractivity contribution in [2.24, 2.45) is 0 Å². The lowest BCUT2D eigenvalue weighted by atomic mass is 9.31. The first-order valence-electron chi connectivity index (χ1n) is 14.7. The highest BCUT2D eigenvalue weighted by Gasteiger charge is 2.50. The third kappa shape index (κ3) is 3.22. The summed E-state index contributed by atoms with van der Waals surface area (Å²) < 4.78 is 0. The van der Waals surface area contributed by atoms with E-state index in [0.29, 0.717) is 0 Å². The van der Waals surface area contributed by atoms with Crippen LogP contribution in [0.3, 0.4) is 0 Å². The average Bonchev–Trinajstić information content (AvgIpc) is 3.41. The van der Waals surface area contributed by atoms with Gasteiger partial charge in [0.1, 0.15) is 0 Å². The van der Waals surface area contributed by atoms with Crippen molar-refractivity contribution in [1.82, 2.24) is 0 Å². The average molecular weight is 534 g/mol. The third-order valence-electron chi connectivity index (χ3n) is 9.13. The molecule has 0 fully saturated rings. The Labute approximate surface area is 246 Å². The quantitative estimate of drug-likeness (QED) is 0.211. The van der Waals surface area contributed by atoms with Crippen molar-refractivity contribution in [2.75, 3.05) is 9.80 Å². The van der Waals surface area contributed by atoms with E-state index in [1.807, 2.05) is 0 Å². The summed E-state index contributed by atoms with van der Waals surface area (Å²) in [6, 6.07) is 57.7. The Morgan fingerprint density at radius 3 is 1.74 bits per heavy atom. The van der Waals surface area contributed by atoms with Gasteiger partial charge < -0.3 is 9.80 Å². The molecule has 1 atom stereocenters. The van der Waals surface area contributed by atoms with Crippen LogP contribution < -0.4 is 20.7 Å². The van der Waals surface area contributed by atoms with Crippen LogP contribution in [0.4, 0.5) is 28.4 Å². The van der Waals surface area contributed by atoms with Crippen molar-refractivity contribution in [3.63, 3.8) is 0 Å². The number of para-hydroxylation sites is 3. The number of fused-ring (bicyclic) bond motifs is 5.